The van der Waals surface area contributed by atoms with Crippen LogP contribution in [0.2, 0.25) is 5.02 Å². The van der Waals surface area contributed by atoms with Gasteiger partial charge in [-0.2, -0.15) is 0 Å². The summed E-state index contributed by atoms with van der Waals surface area (Å²) in [5.74, 6) is -1.36. The zero-order valence-corrected chi connectivity index (χ0v) is 11.5. The molecule has 0 saturated heterocycles. The van der Waals surface area contributed by atoms with Crippen LogP contribution >= 0.6 is 11.6 Å². The van der Waals surface area contributed by atoms with Crippen LogP contribution in [0.5, 0.6) is 5.75 Å². The van der Waals surface area contributed by atoms with Crippen molar-refractivity contribution in [2.75, 3.05) is 7.11 Å². The zero-order valence-electron chi connectivity index (χ0n) is 10.7. The lowest BCUT2D eigenvalue weighted by atomic mass is 10.0. The minimum Gasteiger partial charge on any atom is -0.496 e. The minimum absolute atomic E-state index is 0.133. The molecule has 2 aromatic rings. The molecule has 2 aromatic carbocycles. The molecular weight excluding hydrogens is 286 g/mol. The van der Waals surface area contributed by atoms with Crippen molar-refractivity contribution in [2.45, 2.75) is 12.5 Å². The Morgan fingerprint density at radius 2 is 1.90 bits per heavy atom. The predicted molar refractivity (Wildman–Crippen MR) is 73.0 cm³/mol. The van der Waals surface area contributed by atoms with Crippen LogP contribution in [0.1, 0.15) is 17.2 Å². The number of aliphatic hydroxyl groups excluding tert-OH is 1. The second-order valence-corrected chi connectivity index (χ2v) is 4.79. The van der Waals surface area contributed by atoms with E-state index in [1.807, 2.05) is 0 Å². The Labute approximate surface area is 120 Å². The van der Waals surface area contributed by atoms with E-state index in [1.54, 1.807) is 18.2 Å². The van der Waals surface area contributed by atoms with Gasteiger partial charge in [0.25, 0.3) is 0 Å². The van der Waals surface area contributed by atoms with Crippen molar-refractivity contribution in [1.82, 2.24) is 0 Å². The topological polar surface area (TPSA) is 29.5 Å². The summed E-state index contributed by atoms with van der Waals surface area (Å²) < 4.78 is 31.1. The molecule has 0 radical (unpaired) electrons. The Balaban J connectivity index is 2.25. The highest BCUT2D eigenvalue weighted by Gasteiger charge is 2.15. The van der Waals surface area contributed by atoms with Crippen molar-refractivity contribution in [2.24, 2.45) is 0 Å². The molecule has 1 N–H and O–H groups in total. The van der Waals surface area contributed by atoms with Crippen molar-refractivity contribution < 1.29 is 18.6 Å². The van der Waals surface area contributed by atoms with E-state index < -0.39 is 17.7 Å². The summed E-state index contributed by atoms with van der Waals surface area (Å²) in [7, 11) is 1.48. The first-order valence-corrected chi connectivity index (χ1v) is 6.34. The molecule has 0 aliphatic heterocycles. The van der Waals surface area contributed by atoms with E-state index in [0.29, 0.717) is 21.9 Å². The van der Waals surface area contributed by atoms with Crippen LogP contribution < -0.4 is 4.74 Å². The van der Waals surface area contributed by atoms with E-state index in [2.05, 4.69) is 0 Å². The maximum absolute atomic E-state index is 13.1. The van der Waals surface area contributed by atoms with Crippen LogP contribution in [0.15, 0.2) is 36.4 Å². The number of benzene rings is 2. The molecule has 106 valence electrons. The van der Waals surface area contributed by atoms with E-state index in [0.717, 1.165) is 12.1 Å². The van der Waals surface area contributed by atoms with Crippen LogP contribution in [0.25, 0.3) is 0 Å². The SMILES string of the molecule is COc1ccc(Cl)cc1C(O)Cc1ccc(F)c(F)c1. The molecule has 0 spiro atoms. The van der Waals surface area contributed by atoms with Gasteiger partial charge in [-0.1, -0.05) is 17.7 Å². The first-order chi connectivity index (χ1) is 9.51. The summed E-state index contributed by atoms with van der Waals surface area (Å²) in [5, 5.41) is 10.7. The van der Waals surface area contributed by atoms with Crippen LogP contribution in [0.3, 0.4) is 0 Å². The molecule has 0 amide bonds. The van der Waals surface area contributed by atoms with Crippen molar-refractivity contribution in [3.05, 3.63) is 64.2 Å². The fourth-order valence-electron chi connectivity index (χ4n) is 1.97. The maximum atomic E-state index is 13.1. The van der Waals surface area contributed by atoms with Gasteiger partial charge < -0.3 is 9.84 Å². The summed E-state index contributed by atoms with van der Waals surface area (Å²) in [6, 6.07) is 8.41. The molecule has 0 bridgehead atoms. The highest BCUT2D eigenvalue weighted by Crippen LogP contribution is 2.30. The Morgan fingerprint density at radius 3 is 2.55 bits per heavy atom. The average Bonchev–Trinajstić information content (AvgIpc) is 2.43. The fourth-order valence-corrected chi connectivity index (χ4v) is 2.15. The number of rotatable bonds is 4. The predicted octanol–water partition coefficient (Wildman–Crippen LogP) is 3.90. The Hall–Kier alpha value is -1.65. The molecule has 2 rings (SSSR count). The largest absolute Gasteiger partial charge is 0.496 e. The maximum Gasteiger partial charge on any atom is 0.159 e. The molecule has 5 heteroatoms. The second kappa shape index (κ2) is 6.20. The Bertz CT molecular complexity index is 617. The molecule has 0 heterocycles. The highest BCUT2D eigenvalue weighted by atomic mass is 35.5. The van der Waals surface area contributed by atoms with Crippen molar-refractivity contribution in [3.8, 4) is 5.75 Å². The van der Waals surface area contributed by atoms with Crippen LogP contribution in [0, 0.1) is 11.6 Å². The Kier molecular flexibility index (Phi) is 4.57. The smallest absolute Gasteiger partial charge is 0.159 e. The number of hydrogen-bond donors (Lipinski definition) is 1. The normalized spacial score (nSPS) is 12.2. The van der Waals surface area contributed by atoms with Gasteiger partial charge in [0.05, 0.1) is 13.2 Å². The number of aliphatic hydroxyl groups is 1. The molecule has 1 unspecified atom stereocenters. The van der Waals surface area contributed by atoms with E-state index >= 15 is 0 Å². The van der Waals surface area contributed by atoms with Gasteiger partial charge in [-0.3, -0.25) is 0 Å². The zero-order chi connectivity index (χ0) is 14.7. The van der Waals surface area contributed by atoms with E-state index in [4.69, 9.17) is 16.3 Å². The first kappa shape index (κ1) is 14.8. The van der Waals surface area contributed by atoms with Gasteiger partial charge in [0.15, 0.2) is 11.6 Å². The monoisotopic (exact) mass is 298 g/mol. The van der Waals surface area contributed by atoms with E-state index in [-0.39, 0.29) is 6.42 Å². The average molecular weight is 299 g/mol. The molecular formula is C15H13ClF2O2. The number of hydrogen-bond acceptors (Lipinski definition) is 2. The third kappa shape index (κ3) is 3.26. The molecule has 0 fully saturated rings. The minimum atomic E-state index is -0.937. The molecule has 0 aliphatic carbocycles. The van der Waals surface area contributed by atoms with Crippen LogP contribution in [0.4, 0.5) is 8.78 Å². The summed E-state index contributed by atoms with van der Waals surface area (Å²) in [6.07, 6.45) is -0.790. The van der Waals surface area contributed by atoms with Gasteiger partial charge in [0, 0.05) is 17.0 Å². The van der Waals surface area contributed by atoms with Crippen molar-refractivity contribution in [3.63, 3.8) is 0 Å². The molecule has 2 nitrogen and oxygen atoms in total. The van der Waals surface area contributed by atoms with Gasteiger partial charge in [0.1, 0.15) is 5.75 Å². The standard InChI is InChI=1S/C15H13ClF2O2/c1-20-15-5-3-10(16)8-11(15)14(19)7-9-2-4-12(17)13(18)6-9/h2-6,8,14,19H,7H2,1H3. The van der Waals surface area contributed by atoms with Gasteiger partial charge in [-0.15, -0.1) is 0 Å². The highest BCUT2D eigenvalue weighted by molar-refractivity contribution is 6.30. The fraction of sp³-hybridized carbons (Fsp3) is 0.200. The quantitative estimate of drug-likeness (QED) is 0.927. The number of ether oxygens (including phenoxy) is 1. The lowest BCUT2D eigenvalue weighted by molar-refractivity contribution is 0.174. The Morgan fingerprint density at radius 1 is 1.15 bits per heavy atom. The third-order valence-corrected chi connectivity index (χ3v) is 3.20. The van der Waals surface area contributed by atoms with Crippen molar-refractivity contribution in [1.29, 1.82) is 0 Å². The third-order valence-electron chi connectivity index (χ3n) is 2.96. The summed E-state index contributed by atoms with van der Waals surface area (Å²) >= 11 is 5.89. The lowest BCUT2D eigenvalue weighted by Crippen LogP contribution is -2.05. The van der Waals surface area contributed by atoms with Gasteiger partial charge in [-0.25, -0.2) is 8.78 Å². The summed E-state index contributed by atoms with van der Waals surface area (Å²) in [5.41, 5.74) is 0.989. The van der Waals surface area contributed by atoms with E-state index in [1.165, 1.54) is 13.2 Å². The van der Waals surface area contributed by atoms with Crippen LogP contribution in [-0.2, 0) is 6.42 Å². The van der Waals surface area contributed by atoms with Gasteiger partial charge in [0.2, 0.25) is 0 Å². The number of methoxy groups -OCH3 is 1. The van der Waals surface area contributed by atoms with E-state index in [9.17, 15) is 13.9 Å². The molecule has 1 atom stereocenters. The second-order valence-electron chi connectivity index (χ2n) is 4.35. The van der Waals surface area contributed by atoms with Gasteiger partial charge in [-0.05, 0) is 35.9 Å². The molecule has 20 heavy (non-hydrogen) atoms. The molecule has 0 saturated carbocycles. The molecule has 0 aliphatic rings. The summed E-state index contributed by atoms with van der Waals surface area (Å²) in [4.78, 5) is 0. The molecule has 0 aromatic heterocycles. The van der Waals surface area contributed by atoms with Gasteiger partial charge >= 0.3 is 0 Å². The summed E-state index contributed by atoms with van der Waals surface area (Å²) in [6.45, 7) is 0. The van der Waals surface area contributed by atoms with Crippen LogP contribution in [-0.4, -0.2) is 12.2 Å². The number of halogens is 3. The lowest BCUT2D eigenvalue weighted by Gasteiger charge is -2.15. The first-order valence-electron chi connectivity index (χ1n) is 5.96. The van der Waals surface area contributed by atoms with Crippen molar-refractivity contribution >= 4 is 11.6 Å².